The normalized spacial score (nSPS) is 10.6. The monoisotopic (exact) mass is 307 g/mol. The van der Waals surface area contributed by atoms with E-state index in [0.29, 0.717) is 0 Å². The van der Waals surface area contributed by atoms with Gasteiger partial charge in [0.2, 0.25) is 5.91 Å². The summed E-state index contributed by atoms with van der Waals surface area (Å²) in [5.74, 6) is -0.242. The Morgan fingerprint density at radius 2 is 2.31 bits per heavy atom. The van der Waals surface area contributed by atoms with Crippen LogP contribution in [0, 0.1) is 0 Å². The molecule has 0 fully saturated rings. The molecular weight excluding hydrogens is 297 g/mol. The number of halogens is 2. The van der Waals surface area contributed by atoms with E-state index in [4.69, 9.17) is 11.6 Å². The third kappa shape index (κ3) is 3.31. The van der Waals surface area contributed by atoms with Gasteiger partial charge in [0.1, 0.15) is 11.0 Å². The van der Waals surface area contributed by atoms with Crippen LogP contribution in [0.2, 0.25) is 5.15 Å². The highest BCUT2D eigenvalue weighted by molar-refractivity contribution is 9.10. The van der Waals surface area contributed by atoms with Crippen LogP contribution in [0.5, 0.6) is 0 Å². The second kappa shape index (κ2) is 5.45. The zero-order valence-corrected chi connectivity index (χ0v) is 11.2. The summed E-state index contributed by atoms with van der Waals surface area (Å²) in [6.45, 7) is 3.62. The van der Waals surface area contributed by atoms with Crippen molar-refractivity contribution in [1.29, 1.82) is 0 Å². The quantitative estimate of drug-likeness (QED) is 0.853. The molecule has 0 spiro atoms. The van der Waals surface area contributed by atoms with Gasteiger partial charge < -0.3 is 5.32 Å². The van der Waals surface area contributed by atoms with Gasteiger partial charge in [-0.2, -0.15) is 0 Å². The van der Waals surface area contributed by atoms with Crippen LogP contribution in [0.3, 0.4) is 0 Å². The zero-order valence-electron chi connectivity index (χ0n) is 8.83. The lowest BCUT2D eigenvalue weighted by Crippen LogP contribution is -2.36. The average Bonchev–Trinajstić information content (AvgIpc) is 2.18. The highest BCUT2D eigenvalue weighted by Gasteiger charge is 2.10. The number of nitrogens with zero attached hydrogens (tertiary/aromatic N) is 2. The lowest BCUT2D eigenvalue weighted by molar-refractivity contribution is -0.122. The molecule has 0 bridgehead atoms. The van der Waals surface area contributed by atoms with E-state index in [1.807, 2.05) is 13.8 Å². The molecule has 16 heavy (non-hydrogen) atoms. The Hall–Kier alpha value is -0.880. The molecule has 1 heterocycles. The van der Waals surface area contributed by atoms with Crippen LogP contribution in [-0.4, -0.2) is 21.5 Å². The lowest BCUT2D eigenvalue weighted by Gasteiger charge is -2.09. The Morgan fingerprint density at radius 3 is 2.88 bits per heavy atom. The van der Waals surface area contributed by atoms with Gasteiger partial charge in [-0.3, -0.25) is 14.2 Å². The van der Waals surface area contributed by atoms with Crippen molar-refractivity contribution in [2.24, 2.45) is 0 Å². The molecule has 88 valence electrons. The van der Waals surface area contributed by atoms with Gasteiger partial charge in [0.15, 0.2) is 5.15 Å². The summed E-state index contributed by atoms with van der Waals surface area (Å²) in [5.41, 5.74) is -0.376. The Labute approximate surface area is 106 Å². The number of nitrogens with one attached hydrogen (secondary N) is 1. The van der Waals surface area contributed by atoms with Crippen molar-refractivity contribution in [3.8, 4) is 0 Å². The first-order chi connectivity index (χ1) is 7.41. The van der Waals surface area contributed by atoms with E-state index in [2.05, 4.69) is 26.2 Å². The first kappa shape index (κ1) is 13.2. The second-order valence-corrected chi connectivity index (χ2v) is 4.66. The van der Waals surface area contributed by atoms with Crippen molar-refractivity contribution in [3.05, 3.63) is 26.3 Å². The fourth-order valence-electron chi connectivity index (χ4n) is 1.08. The fraction of sp³-hybridized carbons (Fsp3) is 0.444. The molecule has 0 aliphatic rings. The summed E-state index contributed by atoms with van der Waals surface area (Å²) in [4.78, 5) is 26.8. The minimum Gasteiger partial charge on any atom is -0.352 e. The lowest BCUT2D eigenvalue weighted by atomic mass is 10.4. The summed E-state index contributed by atoms with van der Waals surface area (Å²) < 4.78 is 1.35. The Morgan fingerprint density at radius 1 is 1.69 bits per heavy atom. The highest BCUT2D eigenvalue weighted by Crippen LogP contribution is 2.13. The largest absolute Gasteiger partial charge is 0.352 e. The van der Waals surface area contributed by atoms with E-state index >= 15 is 0 Å². The number of amides is 1. The number of hydrogen-bond donors (Lipinski definition) is 1. The summed E-state index contributed by atoms with van der Waals surface area (Å²) >= 11 is 8.65. The molecule has 0 atom stereocenters. The van der Waals surface area contributed by atoms with E-state index in [-0.39, 0.29) is 33.7 Å². The van der Waals surface area contributed by atoms with Gasteiger partial charge >= 0.3 is 0 Å². The molecule has 7 heteroatoms. The van der Waals surface area contributed by atoms with Crippen LogP contribution in [0.4, 0.5) is 0 Å². The second-order valence-electron chi connectivity index (χ2n) is 3.50. The van der Waals surface area contributed by atoms with Gasteiger partial charge in [-0.1, -0.05) is 11.6 Å². The number of carbonyl (C=O) groups excluding carboxylic acids is 1. The molecule has 0 aromatic carbocycles. The van der Waals surface area contributed by atoms with Crippen molar-refractivity contribution in [1.82, 2.24) is 14.9 Å². The van der Waals surface area contributed by atoms with Crippen LogP contribution in [-0.2, 0) is 11.3 Å². The Balaban J connectivity index is 2.87. The summed E-state index contributed by atoms with van der Waals surface area (Å²) in [6.07, 6.45) is 1.25. The minimum atomic E-state index is -0.376. The molecule has 0 aliphatic carbocycles. The number of hydrogen-bond acceptors (Lipinski definition) is 3. The number of aromatic nitrogens is 2. The molecule has 0 radical (unpaired) electrons. The molecule has 0 saturated carbocycles. The molecule has 0 aliphatic heterocycles. The summed E-state index contributed by atoms with van der Waals surface area (Å²) in [7, 11) is 0. The van der Waals surface area contributed by atoms with E-state index < -0.39 is 0 Å². The molecule has 0 unspecified atom stereocenters. The molecule has 5 nitrogen and oxygen atoms in total. The average molecular weight is 309 g/mol. The van der Waals surface area contributed by atoms with Crippen molar-refractivity contribution in [2.75, 3.05) is 0 Å². The SMILES string of the molecule is CC(C)NC(=O)Cn1cnc(Cl)c(Br)c1=O. The van der Waals surface area contributed by atoms with Crippen molar-refractivity contribution in [3.63, 3.8) is 0 Å². The molecule has 1 aromatic rings. The number of rotatable bonds is 3. The van der Waals surface area contributed by atoms with Crippen molar-refractivity contribution >= 4 is 33.4 Å². The molecule has 1 aromatic heterocycles. The maximum absolute atomic E-state index is 11.6. The van der Waals surface area contributed by atoms with Crippen LogP contribution >= 0.6 is 27.5 Å². The standard InChI is InChI=1S/C9H11BrClN3O2/c1-5(2)13-6(15)3-14-4-12-8(11)7(10)9(14)16/h4-5H,3H2,1-2H3,(H,13,15). The Bertz CT molecular complexity index is 459. The van der Waals surface area contributed by atoms with E-state index in [1.54, 1.807) is 0 Å². The predicted molar refractivity (Wildman–Crippen MR) is 64.5 cm³/mol. The molecular formula is C9H11BrClN3O2. The topological polar surface area (TPSA) is 64.0 Å². The van der Waals surface area contributed by atoms with Gasteiger partial charge in [-0.05, 0) is 29.8 Å². The van der Waals surface area contributed by atoms with Crippen LogP contribution < -0.4 is 10.9 Å². The first-order valence-electron chi connectivity index (χ1n) is 4.61. The van der Waals surface area contributed by atoms with Gasteiger partial charge in [-0.25, -0.2) is 4.98 Å². The summed E-state index contributed by atoms with van der Waals surface area (Å²) in [6, 6.07) is 0.0342. The molecule has 0 saturated heterocycles. The van der Waals surface area contributed by atoms with Crippen molar-refractivity contribution in [2.45, 2.75) is 26.4 Å². The smallest absolute Gasteiger partial charge is 0.269 e. The zero-order chi connectivity index (χ0) is 12.3. The molecule has 1 N–H and O–H groups in total. The van der Waals surface area contributed by atoms with Crippen LogP contribution in [0.1, 0.15) is 13.8 Å². The van der Waals surface area contributed by atoms with Gasteiger partial charge in [0, 0.05) is 6.04 Å². The van der Waals surface area contributed by atoms with E-state index in [9.17, 15) is 9.59 Å². The third-order valence-electron chi connectivity index (χ3n) is 1.70. The predicted octanol–water partition coefficient (Wildman–Crippen LogP) is 1.18. The van der Waals surface area contributed by atoms with E-state index in [1.165, 1.54) is 10.9 Å². The maximum Gasteiger partial charge on any atom is 0.269 e. The minimum absolute atomic E-state index is 0.0342. The number of carbonyl (C=O) groups is 1. The maximum atomic E-state index is 11.6. The highest BCUT2D eigenvalue weighted by atomic mass is 79.9. The Kier molecular flexibility index (Phi) is 4.49. The van der Waals surface area contributed by atoms with Crippen LogP contribution in [0.25, 0.3) is 0 Å². The van der Waals surface area contributed by atoms with E-state index in [0.717, 1.165) is 0 Å². The van der Waals surface area contributed by atoms with Gasteiger partial charge in [0.05, 0.1) is 6.33 Å². The third-order valence-corrected chi connectivity index (χ3v) is 2.93. The van der Waals surface area contributed by atoms with Crippen molar-refractivity contribution < 1.29 is 4.79 Å². The van der Waals surface area contributed by atoms with Crippen LogP contribution in [0.15, 0.2) is 15.6 Å². The van der Waals surface area contributed by atoms with Gasteiger partial charge in [-0.15, -0.1) is 0 Å². The van der Waals surface area contributed by atoms with Gasteiger partial charge in [0.25, 0.3) is 5.56 Å². The molecule has 1 rings (SSSR count). The first-order valence-corrected chi connectivity index (χ1v) is 5.78. The molecule has 1 amide bonds. The fourth-order valence-corrected chi connectivity index (χ4v) is 1.53. The summed E-state index contributed by atoms with van der Waals surface area (Å²) in [5, 5.41) is 2.77.